The summed E-state index contributed by atoms with van der Waals surface area (Å²) in [6, 6.07) is 6.58. The first-order chi connectivity index (χ1) is 8.16. The summed E-state index contributed by atoms with van der Waals surface area (Å²) in [7, 11) is 0. The molecule has 2 N–H and O–H groups in total. The number of azo groups is 1. The van der Waals surface area contributed by atoms with Crippen LogP contribution in [0.4, 0.5) is 5.69 Å². The molecule has 1 aromatic rings. The number of nitrogens with zero attached hydrogens (tertiary/aromatic N) is 2. The molecule has 0 amide bonds. The summed E-state index contributed by atoms with van der Waals surface area (Å²) in [4.78, 5) is 0.577. The van der Waals surface area contributed by atoms with E-state index >= 15 is 0 Å². The van der Waals surface area contributed by atoms with Gasteiger partial charge in [0.15, 0.2) is 0 Å². The molecule has 1 heterocycles. The highest BCUT2D eigenvalue weighted by molar-refractivity contribution is 8.23. The zero-order valence-corrected chi connectivity index (χ0v) is 11.1. The van der Waals surface area contributed by atoms with E-state index in [1.807, 2.05) is 0 Å². The van der Waals surface area contributed by atoms with E-state index in [-0.39, 0.29) is 11.8 Å². The number of hydrogen-bond donors (Lipinski definition) is 2. The minimum absolute atomic E-state index is 0.106. The van der Waals surface area contributed by atoms with Crippen LogP contribution in [-0.2, 0) is 0 Å². The maximum absolute atomic E-state index is 9.52. The molecule has 2 rings (SSSR count). The van der Waals surface area contributed by atoms with Crippen molar-refractivity contribution in [1.29, 1.82) is 0 Å². The molecule has 0 aromatic heterocycles. The van der Waals surface area contributed by atoms with E-state index in [1.165, 1.54) is 11.8 Å². The summed E-state index contributed by atoms with van der Waals surface area (Å²) in [5.41, 5.74) is 0.438. The lowest BCUT2D eigenvalue weighted by Gasteiger charge is -2.20. The fourth-order valence-electron chi connectivity index (χ4n) is 1.22. The van der Waals surface area contributed by atoms with Crippen LogP contribution in [0.5, 0.6) is 5.75 Å². The Morgan fingerprint density at radius 1 is 1.35 bits per heavy atom. The Morgan fingerprint density at radius 2 is 2.12 bits per heavy atom. The van der Waals surface area contributed by atoms with E-state index in [1.54, 1.807) is 24.3 Å². The molecule has 1 atom stereocenters. The van der Waals surface area contributed by atoms with E-state index in [9.17, 15) is 5.11 Å². The highest BCUT2D eigenvalue weighted by Gasteiger charge is 2.21. The quantitative estimate of drug-likeness (QED) is 0.645. The topological polar surface area (TPSA) is 57.0 Å². The molecule has 1 aliphatic heterocycles. The Bertz CT molecular complexity index is 489. The monoisotopic (exact) mass is 283 g/mol. The molecular formula is C10H9N3OS3. The largest absolute Gasteiger partial charge is 0.506 e. The van der Waals surface area contributed by atoms with Crippen molar-refractivity contribution in [3.63, 3.8) is 0 Å². The summed E-state index contributed by atoms with van der Waals surface area (Å²) in [5, 5.41) is 20.5. The maximum atomic E-state index is 9.52. The normalized spacial score (nSPS) is 20.6. The number of thioether (sulfide) groups is 1. The predicted octanol–water partition coefficient (Wildman–Crippen LogP) is 2.79. The first-order valence-corrected chi connectivity index (χ1v) is 6.63. The first-order valence-electron chi connectivity index (χ1n) is 4.83. The second-order valence-corrected chi connectivity index (χ2v) is 5.44. The molecule has 0 spiro atoms. The SMILES string of the molecule is Oc1ccccc1N=NC1CSC(=S)NC1=S. The molecule has 1 saturated heterocycles. The van der Waals surface area contributed by atoms with Crippen molar-refractivity contribution >= 4 is 51.2 Å². The van der Waals surface area contributed by atoms with Crippen LogP contribution in [0, 0.1) is 0 Å². The second kappa shape index (κ2) is 5.52. The van der Waals surface area contributed by atoms with E-state index < -0.39 is 0 Å². The molecule has 1 unspecified atom stereocenters. The molecule has 7 heteroatoms. The number of hydrogen-bond acceptors (Lipinski definition) is 6. The van der Waals surface area contributed by atoms with Gasteiger partial charge in [0.2, 0.25) is 0 Å². The first kappa shape index (κ1) is 12.4. The number of aromatic hydroxyl groups is 1. The van der Waals surface area contributed by atoms with Gasteiger partial charge < -0.3 is 10.4 Å². The van der Waals surface area contributed by atoms with E-state index in [0.717, 1.165) is 0 Å². The summed E-state index contributed by atoms with van der Waals surface area (Å²) in [6.45, 7) is 0. The second-order valence-electron chi connectivity index (χ2n) is 3.31. The fourth-order valence-corrected chi connectivity index (χ4v) is 2.72. The third-order valence-corrected chi connectivity index (χ3v) is 3.76. The number of thiocarbonyl (C=S) groups is 2. The molecule has 4 nitrogen and oxygen atoms in total. The molecule has 17 heavy (non-hydrogen) atoms. The van der Waals surface area contributed by atoms with Gasteiger partial charge in [-0.05, 0) is 12.1 Å². The van der Waals surface area contributed by atoms with Gasteiger partial charge in [-0.25, -0.2) is 0 Å². The van der Waals surface area contributed by atoms with E-state index in [4.69, 9.17) is 24.4 Å². The average molecular weight is 283 g/mol. The van der Waals surface area contributed by atoms with Gasteiger partial charge in [-0.3, -0.25) is 0 Å². The Balaban J connectivity index is 2.09. The lowest BCUT2D eigenvalue weighted by molar-refractivity contribution is 0.476. The van der Waals surface area contributed by atoms with Gasteiger partial charge in [-0.15, -0.1) is 0 Å². The number of nitrogens with one attached hydrogen (secondary N) is 1. The summed E-state index contributed by atoms with van der Waals surface area (Å²) in [5.74, 6) is 0.788. The van der Waals surface area contributed by atoms with Crippen molar-refractivity contribution in [2.75, 3.05) is 5.75 Å². The van der Waals surface area contributed by atoms with Crippen LogP contribution >= 0.6 is 36.2 Å². The van der Waals surface area contributed by atoms with Crippen LogP contribution in [-0.4, -0.2) is 26.2 Å². The van der Waals surface area contributed by atoms with Crippen molar-refractivity contribution < 1.29 is 5.11 Å². The molecule has 0 bridgehead atoms. The van der Waals surface area contributed by atoms with Crippen LogP contribution in [0.1, 0.15) is 0 Å². The molecule has 88 valence electrons. The lowest BCUT2D eigenvalue weighted by Crippen LogP contribution is -2.40. The molecule has 1 aromatic carbocycles. The van der Waals surface area contributed by atoms with Gasteiger partial charge in [-0.1, -0.05) is 48.3 Å². The highest BCUT2D eigenvalue weighted by Crippen LogP contribution is 2.26. The fraction of sp³-hybridized carbons (Fsp3) is 0.200. The zero-order chi connectivity index (χ0) is 12.3. The van der Waals surface area contributed by atoms with Crippen molar-refractivity contribution in [1.82, 2.24) is 5.32 Å². The Morgan fingerprint density at radius 3 is 2.82 bits per heavy atom. The standard InChI is InChI=1S/C10H9N3OS3/c14-8-4-2-1-3-6(8)12-13-7-5-17-10(16)11-9(7)15/h1-4,7,14H,5H2,(H,11,15,16). The van der Waals surface area contributed by atoms with Crippen LogP contribution < -0.4 is 5.32 Å². The minimum Gasteiger partial charge on any atom is -0.506 e. The van der Waals surface area contributed by atoms with Crippen molar-refractivity contribution in [2.45, 2.75) is 6.04 Å². The van der Waals surface area contributed by atoms with Crippen LogP contribution in [0.3, 0.4) is 0 Å². The molecule has 0 radical (unpaired) electrons. The van der Waals surface area contributed by atoms with Gasteiger partial charge in [0.1, 0.15) is 26.8 Å². The molecule has 1 aliphatic rings. The average Bonchev–Trinajstić information content (AvgIpc) is 2.30. The minimum atomic E-state index is -0.193. The number of phenols is 1. The van der Waals surface area contributed by atoms with Gasteiger partial charge in [0, 0.05) is 5.75 Å². The maximum Gasteiger partial charge on any atom is 0.143 e. The van der Waals surface area contributed by atoms with Crippen molar-refractivity contribution in [2.24, 2.45) is 10.2 Å². The third kappa shape index (κ3) is 3.21. The Kier molecular flexibility index (Phi) is 4.03. The highest BCUT2D eigenvalue weighted by atomic mass is 32.2. The smallest absolute Gasteiger partial charge is 0.143 e. The number of phenolic OH excluding ortho intramolecular Hbond substituents is 1. The number of benzene rings is 1. The molecular weight excluding hydrogens is 274 g/mol. The van der Waals surface area contributed by atoms with Gasteiger partial charge in [0.25, 0.3) is 0 Å². The summed E-state index contributed by atoms with van der Waals surface area (Å²) >= 11 is 11.6. The van der Waals surface area contributed by atoms with Crippen molar-refractivity contribution in [3.05, 3.63) is 24.3 Å². The molecule has 1 fully saturated rings. The predicted molar refractivity (Wildman–Crippen MR) is 77.2 cm³/mol. The summed E-state index contributed by atoms with van der Waals surface area (Å²) in [6.07, 6.45) is 0. The van der Waals surface area contributed by atoms with Crippen LogP contribution in [0.15, 0.2) is 34.5 Å². The third-order valence-electron chi connectivity index (χ3n) is 2.09. The van der Waals surface area contributed by atoms with Crippen molar-refractivity contribution in [3.8, 4) is 5.75 Å². The lowest BCUT2D eigenvalue weighted by atomic mass is 10.3. The Labute approximate surface area is 114 Å². The van der Waals surface area contributed by atoms with Gasteiger partial charge >= 0.3 is 0 Å². The van der Waals surface area contributed by atoms with E-state index in [0.29, 0.717) is 20.7 Å². The molecule has 0 saturated carbocycles. The Hall–Kier alpha value is -1.05. The molecule has 0 aliphatic carbocycles. The zero-order valence-electron chi connectivity index (χ0n) is 8.66. The summed E-state index contributed by atoms with van der Waals surface area (Å²) < 4.78 is 0.670. The van der Waals surface area contributed by atoms with Gasteiger partial charge in [0.05, 0.1) is 0 Å². The van der Waals surface area contributed by atoms with Crippen LogP contribution in [0.25, 0.3) is 0 Å². The van der Waals surface area contributed by atoms with Gasteiger partial charge in [-0.2, -0.15) is 10.2 Å². The number of rotatable bonds is 2. The van der Waals surface area contributed by atoms with Crippen LogP contribution in [0.2, 0.25) is 0 Å². The van der Waals surface area contributed by atoms with E-state index in [2.05, 4.69) is 15.5 Å². The number of para-hydroxylation sites is 1.